The summed E-state index contributed by atoms with van der Waals surface area (Å²) in [5, 5.41) is 11.9. The van der Waals surface area contributed by atoms with Crippen LogP contribution < -0.4 is 10.1 Å². The lowest BCUT2D eigenvalue weighted by atomic mass is 10.0. The highest BCUT2D eigenvalue weighted by molar-refractivity contribution is 5.97. The van der Waals surface area contributed by atoms with E-state index in [1.807, 2.05) is 24.3 Å². The zero-order valence-electron chi connectivity index (χ0n) is 16.4. The molecule has 3 rings (SSSR count). The third-order valence-corrected chi connectivity index (χ3v) is 5.17. The van der Waals surface area contributed by atoms with E-state index in [0.717, 1.165) is 11.3 Å². The summed E-state index contributed by atoms with van der Waals surface area (Å²) in [6.45, 7) is 2.43. The molecule has 29 heavy (non-hydrogen) atoms. The average Bonchev–Trinajstić information content (AvgIpc) is 3.09. The van der Waals surface area contributed by atoms with Crippen LogP contribution in [-0.2, 0) is 20.9 Å². The molecule has 2 amide bonds. The van der Waals surface area contributed by atoms with Crippen molar-refractivity contribution in [3.63, 3.8) is 0 Å². The van der Waals surface area contributed by atoms with Gasteiger partial charge in [0, 0.05) is 25.2 Å². The Kier molecular flexibility index (Phi) is 6.16. The van der Waals surface area contributed by atoms with Gasteiger partial charge in [-0.3, -0.25) is 14.4 Å². The van der Waals surface area contributed by atoms with Gasteiger partial charge in [0.15, 0.2) is 0 Å². The number of hydrogen-bond donors (Lipinski definition) is 2. The molecule has 152 valence electrons. The zero-order chi connectivity index (χ0) is 21.0. The van der Waals surface area contributed by atoms with Gasteiger partial charge in [0.1, 0.15) is 5.75 Å². The summed E-state index contributed by atoms with van der Waals surface area (Å²) in [6.07, 6.45) is 0.177. The van der Waals surface area contributed by atoms with Crippen LogP contribution in [0.15, 0.2) is 48.5 Å². The Morgan fingerprint density at radius 3 is 2.41 bits per heavy atom. The lowest BCUT2D eigenvalue weighted by Gasteiger charge is -2.17. The molecule has 1 heterocycles. The zero-order valence-corrected chi connectivity index (χ0v) is 16.4. The van der Waals surface area contributed by atoms with Gasteiger partial charge in [0.2, 0.25) is 11.8 Å². The number of hydrogen-bond acceptors (Lipinski definition) is 4. The van der Waals surface area contributed by atoms with Crippen molar-refractivity contribution in [2.45, 2.75) is 25.8 Å². The molecule has 1 fully saturated rings. The van der Waals surface area contributed by atoms with E-state index in [-0.39, 0.29) is 18.2 Å². The molecule has 2 N–H and O–H groups in total. The number of nitrogens with zero attached hydrogens (tertiary/aromatic N) is 1. The molecule has 2 atom stereocenters. The number of ether oxygens (including phenoxy) is 1. The number of rotatable bonds is 7. The molecule has 1 saturated heterocycles. The maximum absolute atomic E-state index is 12.6. The first kappa shape index (κ1) is 20.4. The number of carboxylic acid groups (broad SMARTS) is 1. The molecule has 1 aliphatic rings. The Labute approximate surface area is 169 Å². The van der Waals surface area contributed by atoms with E-state index >= 15 is 0 Å². The number of benzene rings is 2. The third-order valence-electron chi connectivity index (χ3n) is 5.17. The first-order valence-corrected chi connectivity index (χ1v) is 9.41. The Hall–Kier alpha value is -3.35. The number of likely N-dealkylation sites (tertiary alicyclic amines) is 1. The summed E-state index contributed by atoms with van der Waals surface area (Å²) in [4.78, 5) is 37.6. The number of nitrogens with one attached hydrogen (secondary N) is 1. The van der Waals surface area contributed by atoms with E-state index in [1.165, 1.54) is 0 Å². The Bertz CT molecular complexity index is 892. The van der Waals surface area contributed by atoms with Crippen molar-refractivity contribution in [3.8, 4) is 5.75 Å². The van der Waals surface area contributed by atoms with Gasteiger partial charge in [0.25, 0.3) is 0 Å². The van der Waals surface area contributed by atoms with E-state index in [0.29, 0.717) is 24.3 Å². The monoisotopic (exact) mass is 396 g/mol. The van der Waals surface area contributed by atoms with E-state index < -0.39 is 17.8 Å². The lowest BCUT2D eigenvalue weighted by Crippen LogP contribution is -2.28. The minimum atomic E-state index is -0.900. The summed E-state index contributed by atoms with van der Waals surface area (Å²) in [5.41, 5.74) is 2.22. The molecule has 0 aromatic heterocycles. The van der Waals surface area contributed by atoms with Gasteiger partial charge in [0.05, 0.1) is 18.9 Å². The van der Waals surface area contributed by atoms with Crippen LogP contribution in [0.4, 0.5) is 5.69 Å². The van der Waals surface area contributed by atoms with E-state index in [2.05, 4.69) is 5.32 Å². The minimum Gasteiger partial charge on any atom is -0.497 e. The second-order valence-electron chi connectivity index (χ2n) is 7.19. The van der Waals surface area contributed by atoms with Crippen LogP contribution in [0.5, 0.6) is 5.75 Å². The van der Waals surface area contributed by atoms with Crippen LogP contribution in [0.3, 0.4) is 0 Å². The molecule has 0 spiro atoms. The smallest absolute Gasteiger partial charge is 0.310 e. The van der Waals surface area contributed by atoms with Crippen molar-refractivity contribution < 1.29 is 24.2 Å². The summed E-state index contributed by atoms with van der Waals surface area (Å²) in [5.74, 6) is -1.44. The van der Waals surface area contributed by atoms with Gasteiger partial charge in [-0.1, -0.05) is 24.3 Å². The SMILES string of the molecule is COc1ccc(CN2CC(C(=O)Nc3ccc(C(C)C(=O)O)cc3)CC2=O)cc1. The predicted molar refractivity (Wildman–Crippen MR) is 108 cm³/mol. The molecule has 0 radical (unpaired) electrons. The topological polar surface area (TPSA) is 95.9 Å². The van der Waals surface area contributed by atoms with Gasteiger partial charge < -0.3 is 20.1 Å². The van der Waals surface area contributed by atoms with Crippen LogP contribution in [-0.4, -0.2) is 41.4 Å². The van der Waals surface area contributed by atoms with Gasteiger partial charge in [-0.25, -0.2) is 0 Å². The normalized spacial score (nSPS) is 17.1. The largest absolute Gasteiger partial charge is 0.497 e. The molecule has 7 nitrogen and oxygen atoms in total. The summed E-state index contributed by atoms with van der Waals surface area (Å²) in [6, 6.07) is 14.2. The maximum atomic E-state index is 12.6. The number of anilines is 1. The number of carbonyl (C=O) groups excluding carboxylic acids is 2. The lowest BCUT2D eigenvalue weighted by molar-refractivity contribution is -0.138. The number of methoxy groups -OCH3 is 1. The van der Waals surface area contributed by atoms with E-state index in [4.69, 9.17) is 9.84 Å². The molecule has 0 bridgehead atoms. The van der Waals surface area contributed by atoms with Gasteiger partial charge in [-0.05, 0) is 42.3 Å². The number of carboxylic acids is 1. The summed E-state index contributed by atoms with van der Waals surface area (Å²) < 4.78 is 5.13. The second kappa shape index (κ2) is 8.77. The highest BCUT2D eigenvalue weighted by Crippen LogP contribution is 2.24. The van der Waals surface area contributed by atoms with Crippen molar-refractivity contribution in [2.75, 3.05) is 19.0 Å². The Morgan fingerprint density at radius 1 is 1.17 bits per heavy atom. The molecular formula is C22H24N2O5. The van der Waals surface area contributed by atoms with Crippen LogP contribution >= 0.6 is 0 Å². The van der Waals surface area contributed by atoms with Crippen molar-refractivity contribution in [3.05, 3.63) is 59.7 Å². The van der Waals surface area contributed by atoms with E-state index in [9.17, 15) is 14.4 Å². The minimum absolute atomic E-state index is 0.0494. The molecule has 7 heteroatoms. The standard InChI is InChI=1S/C22H24N2O5/c1-14(22(27)28)16-5-7-18(8-6-16)23-21(26)17-11-20(25)24(13-17)12-15-3-9-19(29-2)10-4-15/h3-10,14,17H,11-13H2,1-2H3,(H,23,26)(H,27,28). The van der Waals surface area contributed by atoms with E-state index in [1.54, 1.807) is 43.2 Å². The Morgan fingerprint density at radius 2 is 1.83 bits per heavy atom. The van der Waals surface area contributed by atoms with Crippen LogP contribution in [0, 0.1) is 5.92 Å². The maximum Gasteiger partial charge on any atom is 0.310 e. The highest BCUT2D eigenvalue weighted by atomic mass is 16.5. The van der Waals surface area contributed by atoms with Crippen LogP contribution in [0.1, 0.15) is 30.4 Å². The number of carbonyl (C=O) groups is 3. The summed E-state index contributed by atoms with van der Waals surface area (Å²) >= 11 is 0. The molecule has 2 unspecified atom stereocenters. The number of amides is 2. The molecular weight excluding hydrogens is 372 g/mol. The van der Waals surface area contributed by atoms with Crippen molar-refractivity contribution in [1.82, 2.24) is 4.90 Å². The number of aliphatic carboxylic acids is 1. The molecule has 2 aromatic rings. The third kappa shape index (κ3) is 4.93. The van der Waals surface area contributed by atoms with Crippen molar-refractivity contribution in [1.29, 1.82) is 0 Å². The van der Waals surface area contributed by atoms with Gasteiger partial charge in [-0.15, -0.1) is 0 Å². The van der Waals surface area contributed by atoms with Crippen molar-refractivity contribution >= 4 is 23.5 Å². The molecule has 2 aromatic carbocycles. The summed E-state index contributed by atoms with van der Waals surface area (Å²) in [7, 11) is 1.60. The molecule has 1 aliphatic heterocycles. The van der Waals surface area contributed by atoms with Crippen molar-refractivity contribution in [2.24, 2.45) is 5.92 Å². The molecule has 0 saturated carbocycles. The van der Waals surface area contributed by atoms with Gasteiger partial charge >= 0.3 is 5.97 Å². The highest BCUT2D eigenvalue weighted by Gasteiger charge is 2.34. The average molecular weight is 396 g/mol. The second-order valence-corrected chi connectivity index (χ2v) is 7.19. The quantitative estimate of drug-likeness (QED) is 0.750. The molecule has 0 aliphatic carbocycles. The predicted octanol–water partition coefficient (Wildman–Crippen LogP) is 2.87. The first-order valence-electron chi connectivity index (χ1n) is 9.41. The van der Waals surface area contributed by atoms with Gasteiger partial charge in [-0.2, -0.15) is 0 Å². The fourth-order valence-corrected chi connectivity index (χ4v) is 3.29. The first-order chi connectivity index (χ1) is 13.9. The van der Waals surface area contributed by atoms with Crippen LogP contribution in [0.2, 0.25) is 0 Å². The fraction of sp³-hybridized carbons (Fsp3) is 0.318. The van der Waals surface area contributed by atoms with Crippen LogP contribution in [0.25, 0.3) is 0 Å². The fourth-order valence-electron chi connectivity index (χ4n) is 3.29. The Balaban J connectivity index is 1.57.